The maximum absolute atomic E-state index is 13.7. The van der Waals surface area contributed by atoms with Crippen LogP contribution in [0.15, 0.2) is 71.9 Å². The summed E-state index contributed by atoms with van der Waals surface area (Å²) in [7, 11) is -0.933. The highest BCUT2D eigenvalue weighted by Gasteiger charge is 2.29. The van der Waals surface area contributed by atoms with Gasteiger partial charge in [0.2, 0.25) is 10.0 Å². The Morgan fingerprint density at radius 1 is 0.900 bits per heavy atom. The number of rotatable bonds is 9. The molecule has 0 radical (unpaired) electrons. The lowest BCUT2D eigenvalue weighted by atomic mass is 10.1. The Hall–Kier alpha value is -2.90. The summed E-state index contributed by atoms with van der Waals surface area (Å²) in [6.07, 6.45) is 4.27. The van der Waals surface area contributed by atoms with Crippen LogP contribution in [0, 0.1) is 0 Å². The topological polar surface area (TPSA) is 68.7 Å². The number of benzene rings is 2. The third-order valence-corrected chi connectivity index (χ3v) is 6.67. The van der Waals surface area contributed by atoms with E-state index in [1.807, 2.05) is 30.3 Å². The third kappa shape index (κ3) is 4.98. The van der Waals surface area contributed by atoms with Gasteiger partial charge in [0.05, 0.1) is 14.2 Å². The van der Waals surface area contributed by atoms with Crippen LogP contribution in [0.5, 0.6) is 11.5 Å². The number of aryl methyl sites for hydroxylation is 1. The minimum Gasteiger partial charge on any atom is -0.497 e. The standard InChI is InChI=1S/C23H26N2O4S/c1-4-18-7-9-19(10-8-18)16-25(17-20-6-5-13-24-15-20)30(26,27)23-14-21(28-2)11-12-22(23)29-3/h5-15H,4,16-17H2,1-3H3. The molecule has 7 heteroatoms. The quantitative estimate of drug-likeness (QED) is 0.516. The van der Waals surface area contributed by atoms with Crippen molar-refractivity contribution in [3.63, 3.8) is 0 Å². The van der Waals surface area contributed by atoms with Gasteiger partial charge in [0, 0.05) is 31.5 Å². The van der Waals surface area contributed by atoms with Crippen LogP contribution in [0.2, 0.25) is 0 Å². The molecule has 30 heavy (non-hydrogen) atoms. The van der Waals surface area contributed by atoms with Crippen molar-refractivity contribution in [3.8, 4) is 11.5 Å². The summed E-state index contributed by atoms with van der Waals surface area (Å²) in [5, 5.41) is 0. The Bertz CT molecular complexity index is 1070. The van der Waals surface area contributed by atoms with Crippen molar-refractivity contribution >= 4 is 10.0 Å². The van der Waals surface area contributed by atoms with Crippen molar-refractivity contribution in [3.05, 3.63) is 83.7 Å². The average molecular weight is 427 g/mol. The molecule has 0 fully saturated rings. The molecule has 0 saturated carbocycles. The molecule has 3 rings (SSSR count). The second-order valence-corrected chi connectivity index (χ2v) is 8.73. The molecule has 1 aromatic heterocycles. The highest BCUT2D eigenvalue weighted by atomic mass is 32.2. The van der Waals surface area contributed by atoms with E-state index in [9.17, 15) is 8.42 Å². The highest BCUT2D eigenvalue weighted by Crippen LogP contribution is 2.32. The van der Waals surface area contributed by atoms with E-state index in [1.54, 1.807) is 30.6 Å². The second-order valence-electron chi connectivity index (χ2n) is 6.82. The number of methoxy groups -OCH3 is 2. The van der Waals surface area contributed by atoms with Crippen LogP contribution in [-0.2, 0) is 29.5 Å². The molecule has 0 atom stereocenters. The van der Waals surface area contributed by atoms with Crippen molar-refractivity contribution in [2.45, 2.75) is 31.3 Å². The molecule has 0 spiro atoms. The number of ether oxygens (including phenoxy) is 2. The molecule has 0 N–H and O–H groups in total. The van der Waals surface area contributed by atoms with E-state index in [-0.39, 0.29) is 23.7 Å². The van der Waals surface area contributed by atoms with Crippen LogP contribution in [-0.4, -0.2) is 31.9 Å². The molecular formula is C23H26N2O4S. The van der Waals surface area contributed by atoms with E-state index in [0.29, 0.717) is 5.75 Å². The van der Waals surface area contributed by atoms with E-state index < -0.39 is 10.0 Å². The minimum atomic E-state index is -3.89. The van der Waals surface area contributed by atoms with Gasteiger partial charge >= 0.3 is 0 Å². The molecule has 0 aliphatic rings. The lowest BCUT2D eigenvalue weighted by Gasteiger charge is -2.24. The zero-order valence-electron chi connectivity index (χ0n) is 17.4. The Morgan fingerprint density at radius 3 is 2.20 bits per heavy atom. The Morgan fingerprint density at radius 2 is 1.60 bits per heavy atom. The van der Waals surface area contributed by atoms with Crippen LogP contribution in [0.4, 0.5) is 0 Å². The molecule has 3 aromatic rings. The monoisotopic (exact) mass is 426 g/mol. The van der Waals surface area contributed by atoms with E-state index in [0.717, 1.165) is 17.5 Å². The van der Waals surface area contributed by atoms with E-state index in [1.165, 1.54) is 30.2 Å². The summed E-state index contributed by atoms with van der Waals surface area (Å²) >= 11 is 0. The van der Waals surface area contributed by atoms with Crippen molar-refractivity contribution in [2.75, 3.05) is 14.2 Å². The van der Waals surface area contributed by atoms with Crippen molar-refractivity contribution < 1.29 is 17.9 Å². The van der Waals surface area contributed by atoms with Crippen LogP contribution in [0.25, 0.3) is 0 Å². The number of hydrogen-bond acceptors (Lipinski definition) is 5. The van der Waals surface area contributed by atoms with Crippen LogP contribution >= 0.6 is 0 Å². The van der Waals surface area contributed by atoms with Gasteiger partial charge < -0.3 is 9.47 Å². The van der Waals surface area contributed by atoms with E-state index >= 15 is 0 Å². The first kappa shape index (κ1) is 21.8. The number of hydrogen-bond donors (Lipinski definition) is 0. The second kappa shape index (κ2) is 9.73. The molecule has 158 valence electrons. The Balaban J connectivity index is 2.03. The third-order valence-electron chi connectivity index (χ3n) is 4.86. The van der Waals surface area contributed by atoms with Crippen LogP contribution in [0.3, 0.4) is 0 Å². The summed E-state index contributed by atoms with van der Waals surface area (Å²) in [5.74, 6) is 0.719. The van der Waals surface area contributed by atoms with Gasteiger partial charge in [0.1, 0.15) is 16.4 Å². The fraction of sp³-hybridized carbons (Fsp3) is 0.261. The molecule has 0 aliphatic heterocycles. The first-order chi connectivity index (χ1) is 14.5. The van der Waals surface area contributed by atoms with Gasteiger partial charge in [0.25, 0.3) is 0 Å². The summed E-state index contributed by atoms with van der Waals surface area (Å²) in [5.41, 5.74) is 2.91. The smallest absolute Gasteiger partial charge is 0.247 e. The lowest BCUT2D eigenvalue weighted by molar-refractivity contribution is 0.377. The van der Waals surface area contributed by atoms with Crippen molar-refractivity contribution in [1.82, 2.24) is 9.29 Å². The summed E-state index contributed by atoms with van der Waals surface area (Å²) < 4.78 is 39.4. The molecular weight excluding hydrogens is 400 g/mol. The first-order valence-corrected chi connectivity index (χ1v) is 11.1. The van der Waals surface area contributed by atoms with Gasteiger partial charge in [-0.25, -0.2) is 8.42 Å². The first-order valence-electron chi connectivity index (χ1n) is 9.66. The molecule has 2 aromatic carbocycles. The number of nitrogens with zero attached hydrogens (tertiary/aromatic N) is 2. The predicted molar refractivity (Wildman–Crippen MR) is 116 cm³/mol. The average Bonchev–Trinajstić information content (AvgIpc) is 2.79. The van der Waals surface area contributed by atoms with Crippen molar-refractivity contribution in [1.29, 1.82) is 0 Å². The molecule has 1 heterocycles. The fourth-order valence-electron chi connectivity index (χ4n) is 3.13. The molecule has 6 nitrogen and oxygen atoms in total. The van der Waals surface area contributed by atoms with E-state index in [4.69, 9.17) is 9.47 Å². The summed E-state index contributed by atoms with van der Waals surface area (Å²) in [4.78, 5) is 4.19. The summed E-state index contributed by atoms with van der Waals surface area (Å²) in [6.45, 7) is 2.50. The Labute approximate surface area is 178 Å². The maximum atomic E-state index is 13.7. The van der Waals surface area contributed by atoms with Gasteiger partial charge in [-0.3, -0.25) is 4.98 Å². The zero-order valence-corrected chi connectivity index (χ0v) is 18.2. The molecule has 0 amide bonds. The zero-order chi connectivity index (χ0) is 21.6. The highest BCUT2D eigenvalue weighted by molar-refractivity contribution is 7.89. The maximum Gasteiger partial charge on any atom is 0.247 e. The predicted octanol–water partition coefficient (Wildman–Crippen LogP) is 4.05. The van der Waals surface area contributed by atoms with Gasteiger partial charge in [-0.05, 0) is 41.3 Å². The van der Waals surface area contributed by atoms with Gasteiger partial charge in [-0.2, -0.15) is 4.31 Å². The molecule has 0 aliphatic carbocycles. The molecule has 0 unspecified atom stereocenters. The van der Waals surface area contributed by atoms with Crippen LogP contribution in [0.1, 0.15) is 23.6 Å². The Kier molecular flexibility index (Phi) is 7.07. The summed E-state index contributed by atoms with van der Waals surface area (Å²) in [6, 6.07) is 16.4. The van der Waals surface area contributed by atoms with Gasteiger partial charge in [-0.15, -0.1) is 0 Å². The largest absolute Gasteiger partial charge is 0.497 e. The number of sulfonamides is 1. The number of pyridine rings is 1. The van der Waals surface area contributed by atoms with Gasteiger partial charge in [-0.1, -0.05) is 37.3 Å². The minimum absolute atomic E-state index is 0.0680. The van der Waals surface area contributed by atoms with Crippen molar-refractivity contribution in [2.24, 2.45) is 0 Å². The molecule has 0 saturated heterocycles. The fourth-order valence-corrected chi connectivity index (χ4v) is 4.72. The molecule has 0 bridgehead atoms. The van der Waals surface area contributed by atoms with E-state index in [2.05, 4.69) is 11.9 Å². The number of aromatic nitrogens is 1. The SMILES string of the molecule is CCc1ccc(CN(Cc2cccnc2)S(=O)(=O)c2cc(OC)ccc2OC)cc1. The van der Waals surface area contributed by atoms with Gasteiger partial charge in [0.15, 0.2) is 0 Å². The normalized spacial score (nSPS) is 11.5. The lowest BCUT2D eigenvalue weighted by Crippen LogP contribution is -2.30. The van der Waals surface area contributed by atoms with Crippen LogP contribution < -0.4 is 9.47 Å².